The normalized spacial score (nSPS) is 11.6. The molecule has 0 fully saturated rings. The molecule has 3 rings (SSSR count). The number of rotatable bonds is 8. The number of carbonyl (C=O) groups excluding carboxylic acids is 1. The largest absolute Gasteiger partial charge is 0.460 e. The highest BCUT2D eigenvalue weighted by atomic mass is 32.2. The highest BCUT2D eigenvalue weighted by molar-refractivity contribution is 7.89. The number of carbonyl (C=O) groups is 1. The van der Waals surface area contributed by atoms with E-state index in [0.29, 0.717) is 18.1 Å². The van der Waals surface area contributed by atoms with E-state index >= 15 is 0 Å². The molecule has 0 atom stereocenters. The average molecular weight is 397 g/mol. The van der Waals surface area contributed by atoms with E-state index in [0.717, 1.165) is 5.69 Å². The third-order valence-electron chi connectivity index (χ3n) is 3.74. The van der Waals surface area contributed by atoms with Crippen LogP contribution >= 0.6 is 0 Å². The summed E-state index contributed by atoms with van der Waals surface area (Å²) in [5.74, 6) is 0.600. The third-order valence-corrected chi connectivity index (χ3v) is 5.16. The minimum Gasteiger partial charge on any atom is -0.460 e. The fourth-order valence-corrected chi connectivity index (χ4v) is 3.34. The Bertz CT molecular complexity index is 1050. The van der Waals surface area contributed by atoms with Crippen LogP contribution in [-0.4, -0.2) is 19.3 Å². The number of benzene rings is 1. The van der Waals surface area contributed by atoms with E-state index < -0.39 is 10.0 Å². The van der Waals surface area contributed by atoms with Crippen LogP contribution in [0.2, 0.25) is 0 Å². The lowest BCUT2D eigenvalue weighted by atomic mass is 10.3. The van der Waals surface area contributed by atoms with Crippen LogP contribution in [0.25, 0.3) is 6.08 Å². The van der Waals surface area contributed by atoms with Gasteiger partial charge < -0.3 is 9.73 Å². The van der Waals surface area contributed by atoms with E-state index in [1.54, 1.807) is 42.6 Å². The van der Waals surface area contributed by atoms with Gasteiger partial charge in [-0.1, -0.05) is 24.3 Å². The maximum atomic E-state index is 12.2. The van der Waals surface area contributed by atoms with Gasteiger partial charge >= 0.3 is 0 Å². The van der Waals surface area contributed by atoms with Crippen molar-refractivity contribution < 1.29 is 17.6 Å². The number of amides is 1. The Hall–Kier alpha value is -3.23. The van der Waals surface area contributed by atoms with Gasteiger partial charge in [-0.15, -0.1) is 0 Å². The molecule has 144 valence electrons. The van der Waals surface area contributed by atoms with Crippen molar-refractivity contribution in [2.24, 2.45) is 0 Å². The standard InChI is InChI=1S/C20H19N3O4S/c24-20(22-14-16-6-4-5-13-21-16)12-11-17-9-10-18(27-17)15-23-28(25,26)19-7-2-1-3-8-19/h1-13,23H,14-15H2,(H,22,24). The number of hydrogen-bond acceptors (Lipinski definition) is 5. The Labute approximate surface area is 163 Å². The zero-order valence-corrected chi connectivity index (χ0v) is 15.7. The minimum atomic E-state index is -3.61. The second-order valence-electron chi connectivity index (χ2n) is 5.81. The molecule has 1 aromatic carbocycles. The Morgan fingerprint density at radius 3 is 2.54 bits per heavy atom. The summed E-state index contributed by atoms with van der Waals surface area (Å²) < 4.78 is 32.4. The summed E-state index contributed by atoms with van der Waals surface area (Å²) in [6, 6.07) is 16.9. The SMILES string of the molecule is O=C(C=Cc1ccc(CNS(=O)(=O)c2ccccc2)o1)NCc1ccccn1. The molecule has 0 aliphatic carbocycles. The molecular weight excluding hydrogens is 378 g/mol. The van der Waals surface area contributed by atoms with Crippen LogP contribution in [0.15, 0.2) is 82.2 Å². The van der Waals surface area contributed by atoms with Crippen molar-refractivity contribution in [3.8, 4) is 0 Å². The number of furan rings is 1. The Kier molecular flexibility index (Phi) is 6.36. The Morgan fingerprint density at radius 1 is 1.00 bits per heavy atom. The quantitative estimate of drug-likeness (QED) is 0.569. The summed E-state index contributed by atoms with van der Waals surface area (Å²) >= 11 is 0. The van der Waals surface area contributed by atoms with Crippen LogP contribution in [-0.2, 0) is 27.9 Å². The van der Waals surface area contributed by atoms with E-state index in [2.05, 4.69) is 15.0 Å². The van der Waals surface area contributed by atoms with Crippen LogP contribution in [0, 0.1) is 0 Å². The van der Waals surface area contributed by atoms with Gasteiger partial charge in [-0.25, -0.2) is 13.1 Å². The van der Waals surface area contributed by atoms with Gasteiger partial charge in [-0.05, 0) is 42.5 Å². The zero-order chi connectivity index (χ0) is 19.8. The van der Waals surface area contributed by atoms with Crippen molar-refractivity contribution in [2.45, 2.75) is 18.0 Å². The fraction of sp³-hybridized carbons (Fsp3) is 0.100. The highest BCUT2D eigenvalue weighted by Gasteiger charge is 2.13. The van der Waals surface area contributed by atoms with Crippen molar-refractivity contribution in [1.29, 1.82) is 0 Å². The first kappa shape index (κ1) is 19.5. The molecular formula is C20H19N3O4S. The second kappa shape index (κ2) is 9.12. The smallest absolute Gasteiger partial charge is 0.244 e. The minimum absolute atomic E-state index is 0.0109. The molecule has 8 heteroatoms. The summed E-state index contributed by atoms with van der Waals surface area (Å²) in [7, 11) is -3.61. The molecule has 0 bridgehead atoms. The molecule has 0 saturated carbocycles. The van der Waals surface area contributed by atoms with E-state index in [4.69, 9.17) is 4.42 Å². The van der Waals surface area contributed by atoms with Gasteiger partial charge in [0.2, 0.25) is 15.9 Å². The molecule has 0 aliphatic heterocycles. The van der Waals surface area contributed by atoms with Gasteiger partial charge in [-0.2, -0.15) is 0 Å². The predicted octanol–water partition coefficient (Wildman–Crippen LogP) is 2.48. The monoisotopic (exact) mass is 397 g/mol. The number of aromatic nitrogens is 1. The van der Waals surface area contributed by atoms with Crippen LogP contribution in [0.1, 0.15) is 17.2 Å². The molecule has 2 heterocycles. The van der Waals surface area contributed by atoms with Crippen molar-refractivity contribution in [3.63, 3.8) is 0 Å². The Morgan fingerprint density at radius 2 is 1.79 bits per heavy atom. The molecule has 0 aliphatic rings. The first-order chi connectivity index (χ1) is 13.5. The second-order valence-corrected chi connectivity index (χ2v) is 7.58. The lowest BCUT2D eigenvalue weighted by Crippen LogP contribution is -2.22. The van der Waals surface area contributed by atoms with Gasteiger partial charge in [-0.3, -0.25) is 9.78 Å². The molecule has 0 unspecified atom stereocenters. The molecule has 2 aromatic heterocycles. The van der Waals surface area contributed by atoms with Crippen molar-refractivity contribution >= 4 is 22.0 Å². The molecule has 0 radical (unpaired) electrons. The summed E-state index contributed by atoms with van der Waals surface area (Å²) in [4.78, 5) is 16.2. The van der Waals surface area contributed by atoms with E-state index in [1.165, 1.54) is 24.3 Å². The molecule has 7 nitrogen and oxygen atoms in total. The summed E-state index contributed by atoms with van der Waals surface area (Å²) in [5, 5.41) is 2.72. The lowest BCUT2D eigenvalue weighted by Gasteiger charge is -2.04. The van der Waals surface area contributed by atoms with Crippen LogP contribution in [0.3, 0.4) is 0 Å². The number of nitrogens with zero attached hydrogens (tertiary/aromatic N) is 1. The zero-order valence-electron chi connectivity index (χ0n) is 14.9. The van der Waals surface area contributed by atoms with Gasteiger partial charge in [0, 0.05) is 12.3 Å². The van der Waals surface area contributed by atoms with Gasteiger partial charge in [0.25, 0.3) is 0 Å². The molecule has 28 heavy (non-hydrogen) atoms. The maximum absolute atomic E-state index is 12.2. The number of pyridine rings is 1. The number of sulfonamides is 1. The van der Waals surface area contributed by atoms with E-state index in [-0.39, 0.29) is 17.3 Å². The topological polar surface area (TPSA) is 101 Å². The number of hydrogen-bond donors (Lipinski definition) is 2. The predicted molar refractivity (Wildman–Crippen MR) is 104 cm³/mol. The summed E-state index contributed by atoms with van der Waals surface area (Å²) in [6.45, 7) is 0.339. The van der Waals surface area contributed by atoms with Crippen molar-refractivity contribution in [1.82, 2.24) is 15.0 Å². The highest BCUT2D eigenvalue weighted by Crippen LogP contribution is 2.12. The molecule has 0 saturated heterocycles. The van der Waals surface area contributed by atoms with E-state index in [1.807, 2.05) is 12.1 Å². The van der Waals surface area contributed by atoms with Gasteiger partial charge in [0.15, 0.2) is 0 Å². The first-order valence-corrected chi connectivity index (χ1v) is 10.0. The Balaban J connectivity index is 1.51. The average Bonchev–Trinajstić information content (AvgIpc) is 3.19. The van der Waals surface area contributed by atoms with E-state index in [9.17, 15) is 13.2 Å². The lowest BCUT2D eigenvalue weighted by molar-refractivity contribution is -0.116. The van der Waals surface area contributed by atoms with Gasteiger partial charge in [0.05, 0.1) is 23.7 Å². The molecule has 0 spiro atoms. The van der Waals surface area contributed by atoms with Crippen LogP contribution < -0.4 is 10.0 Å². The molecule has 3 aromatic rings. The van der Waals surface area contributed by atoms with Crippen molar-refractivity contribution in [2.75, 3.05) is 0 Å². The number of nitrogens with one attached hydrogen (secondary N) is 2. The third kappa shape index (κ3) is 5.63. The maximum Gasteiger partial charge on any atom is 0.244 e. The summed E-state index contributed by atoms with van der Waals surface area (Å²) in [5.41, 5.74) is 0.759. The van der Waals surface area contributed by atoms with Gasteiger partial charge in [0.1, 0.15) is 11.5 Å². The molecule has 2 N–H and O–H groups in total. The summed E-state index contributed by atoms with van der Waals surface area (Å²) in [6.07, 6.45) is 4.52. The first-order valence-electron chi connectivity index (χ1n) is 8.52. The fourth-order valence-electron chi connectivity index (χ4n) is 2.33. The molecule has 1 amide bonds. The van der Waals surface area contributed by atoms with Crippen LogP contribution in [0.5, 0.6) is 0 Å². The van der Waals surface area contributed by atoms with Crippen molar-refractivity contribution in [3.05, 3.63) is 90.2 Å². The van der Waals surface area contributed by atoms with Crippen LogP contribution in [0.4, 0.5) is 0 Å².